The van der Waals surface area contributed by atoms with E-state index in [4.69, 9.17) is 11.6 Å². The van der Waals surface area contributed by atoms with Crippen LogP contribution in [-0.2, 0) is 29.2 Å². The molecule has 3 rings (SSSR count). The first-order valence-electron chi connectivity index (χ1n) is 7.28. The number of ether oxygens (including phenoxy) is 1. The quantitative estimate of drug-likeness (QED) is 0.751. The number of carbonyl (C=O) groups excluding carboxylic acids is 2. The van der Waals surface area contributed by atoms with Crippen LogP contribution in [0.5, 0.6) is 0 Å². The number of esters is 1. The summed E-state index contributed by atoms with van der Waals surface area (Å²) in [6, 6.07) is 7.26. The van der Waals surface area contributed by atoms with Crippen LogP contribution in [0.25, 0.3) is 0 Å². The number of hydrogen-bond acceptors (Lipinski definition) is 5. The molecule has 1 amide bonds. The fourth-order valence-electron chi connectivity index (χ4n) is 2.54. The van der Waals surface area contributed by atoms with Gasteiger partial charge in [0.25, 0.3) is 5.91 Å². The Labute approximate surface area is 142 Å². The molecule has 126 valence electrons. The Morgan fingerprint density at radius 3 is 2.75 bits per heavy atom. The highest BCUT2D eigenvalue weighted by atomic mass is 35.5. The Morgan fingerprint density at radius 1 is 1.29 bits per heavy atom. The minimum atomic E-state index is -0.604. The summed E-state index contributed by atoms with van der Waals surface area (Å²) in [6.07, 6.45) is 0. The van der Waals surface area contributed by atoms with Gasteiger partial charge in [0.2, 0.25) is 5.82 Å². The summed E-state index contributed by atoms with van der Waals surface area (Å²) in [5.41, 5.74) is 0.318. The van der Waals surface area contributed by atoms with E-state index >= 15 is 0 Å². The Kier molecular flexibility index (Phi) is 4.39. The third-order valence-electron chi connectivity index (χ3n) is 3.82. The van der Waals surface area contributed by atoms with E-state index in [1.54, 1.807) is 11.0 Å². The molecular weight excluding hydrogens is 336 g/mol. The van der Waals surface area contributed by atoms with Gasteiger partial charge in [0, 0.05) is 24.7 Å². The second kappa shape index (κ2) is 6.48. The normalized spacial score (nSPS) is 13.8. The van der Waals surface area contributed by atoms with Gasteiger partial charge in [-0.05, 0) is 11.6 Å². The number of methoxy groups -OCH3 is 1. The van der Waals surface area contributed by atoms with Crippen LogP contribution < -0.4 is 5.69 Å². The number of rotatable bonds is 4. The van der Waals surface area contributed by atoms with E-state index in [-0.39, 0.29) is 18.3 Å². The number of carbonyl (C=O) groups is 2. The number of hydrogen-bond donors (Lipinski definition) is 0. The lowest BCUT2D eigenvalue weighted by molar-refractivity contribution is -0.141. The highest BCUT2D eigenvalue weighted by Crippen LogP contribution is 2.19. The number of amides is 1. The van der Waals surface area contributed by atoms with Crippen molar-refractivity contribution in [2.45, 2.75) is 19.6 Å². The standard InChI is InChI=1S/C15H15ClN4O4/c1-24-12(21)9-20-15(23)19-7-6-18(14(22)13(19)17-20)8-10-4-2-3-5-11(10)16/h2-5H,6-9H2,1H3. The van der Waals surface area contributed by atoms with Crippen molar-refractivity contribution in [2.24, 2.45) is 0 Å². The number of halogens is 1. The van der Waals surface area contributed by atoms with Gasteiger partial charge in [0.15, 0.2) is 0 Å². The lowest BCUT2D eigenvalue weighted by Crippen LogP contribution is -2.42. The fourth-order valence-corrected chi connectivity index (χ4v) is 2.73. The molecule has 9 heteroatoms. The molecule has 0 N–H and O–H groups in total. The molecule has 0 aliphatic carbocycles. The maximum atomic E-state index is 12.6. The minimum Gasteiger partial charge on any atom is -0.468 e. The molecular formula is C15H15ClN4O4. The maximum Gasteiger partial charge on any atom is 0.346 e. The molecule has 0 atom stereocenters. The zero-order valence-corrected chi connectivity index (χ0v) is 13.7. The summed E-state index contributed by atoms with van der Waals surface area (Å²) in [5, 5.41) is 4.55. The van der Waals surface area contributed by atoms with E-state index in [9.17, 15) is 14.4 Å². The molecule has 1 aliphatic heterocycles. The van der Waals surface area contributed by atoms with Gasteiger partial charge in [-0.25, -0.2) is 9.48 Å². The average molecular weight is 351 g/mol. The summed E-state index contributed by atoms with van der Waals surface area (Å²) >= 11 is 6.13. The van der Waals surface area contributed by atoms with Gasteiger partial charge >= 0.3 is 11.7 Å². The summed E-state index contributed by atoms with van der Waals surface area (Å²) in [6.45, 7) is 0.677. The Hall–Kier alpha value is -2.61. The molecule has 1 aliphatic rings. The van der Waals surface area contributed by atoms with Crippen molar-refractivity contribution in [3.05, 3.63) is 51.2 Å². The fraction of sp³-hybridized carbons (Fsp3) is 0.333. The van der Waals surface area contributed by atoms with Crippen molar-refractivity contribution in [1.29, 1.82) is 0 Å². The third kappa shape index (κ3) is 2.92. The highest BCUT2D eigenvalue weighted by Gasteiger charge is 2.30. The van der Waals surface area contributed by atoms with Gasteiger partial charge in [0.05, 0.1) is 7.11 Å². The van der Waals surface area contributed by atoms with Crippen LogP contribution in [0.2, 0.25) is 5.02 Å². The summed E-state index contributed by atoms with van der Waals surface area (Å²) in [4.78, 5) is 37.7. The topological polar surface area (TPSA) is 86.4 Å². The van der Waals surface area contributed by atoms with Gasteiger partial charge in [-0.2, -0.15) is 0 Å². The summed E-state index contributed by atoms with van der Waals surface area (Å²) in [7, 11) is 1.22. The van der Waals surface area contributed by atoms with Crippen LogP contribution >= 0.6 is 11.6 Å². The molecule has 0 unspecified atom stereocenters. The predicted octanol–water partition coefficient (Wildman–Crippen LogP) is 0.527. The minimum absolute atomic E-state index is 0.0159. The smallest absolute Gasteiger partial charge is 0.346 e. The molecule has 1 aromatic carbocycles. The molecule has 0 spiro atoms. The molecule has 0 saturated heterocycles. The largest absolute Gasteiger partial charge is 0.468 e. The Bertz CT molecular complexity index is 857. The van der Waals surface area contributed by atoms with Crippen molar-refractivity contribution in [1.82, 2.24) is 19.2 Å². The van der Waals surface area contributed by atoms with Gasteiger partial charge in [0.1, 0.15) is 6.54 Å². The van der Waals surface area contributed by atoms with Crippen LogP contribution in [-0.4, -0.2) is 44.8 Å². The molecule has 0 radical (unpaired) electrons. The molecule has 2 heterocycles. The van der Waals surface area contributed by atoms with E-state index in [0.29, 0.717) is 24.7 Å². The third-order valence-corrected chi connectivity index (χ3v) is 4.19. The highest BCUT2D eigenvalue weighted by molar-refractivity contribution is 6.31. The lowest BCUT2D eigenvalue weighted by Gasteiger charge is -2.26. The monoisotopic (exact) mass is 350 g/mol. The van der Waals surface area contributed by atoms with Crippen molar-refractivity contribution < 1.29 is 14.3 Å². The van der Waals surface area contributed by atoms with E-state index in [1.807, 2.05) is 18.2 Å². The molecule has 0 saturated carbocycles. The summed E-state index contributed by atoms with van der Waals surface area (Å²) < 4.78 is 6.74. The van der Waals surface area contributed by atoms with E-state index in [1.165, 1.54) is 11.7 Å². The number of benzene rings is 1. The molecule has 1 aromatic heterocycles. The Morgan fingerprint density at radius 2 is 2.04 bits per heavy atom. The maximum absolute atomic E-state index is 12.6. The van der Waals surface area contributed by atoms with Gasteiger partial charge in [-0.3, -0.25) is 14.2 Å². The SMILES string of the molecule is COC(=O)Cn1nc2n(c1=O)CCN(Cc1ccccc1Cl)C2=O. The first-order valence-corrected chi connectivity index (χ1v) is 7.66. The molecule has 2 aromatic rings. The zero-order chi connectivity index (χ0) is 17.3. The molecule has 8 nitrogen and oxygen atoms in total. The van der Waals surface area contributed by atoms with Gasteiger partial charge in [-0.15, -0.1) is 5.10 Å². The number of nitrogens with zero attached hydrogens (tertiary/aromatic N) is 4. The van der Waals surface area contributed by atoms with Crippen LogP contribution in [0.1, 0.15) is 16.2 Å². The van der Waals surface area contributed by atoms with Crippen LogP contribution in [0.15, 0.2) is 29.1 Å². The number of aromatic nitrogens is 3. The first kappa shape index (κ1) is 16.3. The van der Waals surface area contributed by atoms with Crippen molar-refractivity contribution >= 4 is 23.5 Å². The van der Waals surface area contributed by atoms with Crippen LogP contribution in [0.3, 0.4) is 0 Å². The summed E-state index contributed by atoms with van der Waals surface area (Å²) in [5.74, 6) is -0.961. The van der Waals surface area contributed by atoms with Crippen LogP contribution in [0, 0.1) is 0 Å². The van der Waals surface area contributed by atoms with E-state index < -0.39 is 11.7 Å². The second-order valence-electron chi connectivity index (χ2n) is 5.31. The van der Waals surface area contributed by atoms with Crippen molar-refractivity contribution in [3.8, 4) is 0 Å². The lowest BCUT2D eigenvalue weighted by atomic mass is 10.2. The molecule has 0 fully saturated rings. The molecule has 24 heavy (non-hydrogen) atoms. The van der Waals surface area contributed by atoms with Gasteiger partial charge in [-0.1, -0.05) is 29.8 Å². The zero-order valence-electron chi connectivity index (χ0n) is 12.9. The number of fused-ring (bicyclic) bond motifs is 1. The average Bonchev–Trinajstić information content (AvgIpc) is 2.89. The van der Waals surface area contributed by atoms with Crippen molar-refractivity contribution in [2.75, 3.05) is 13.7 Å². The Balaban J connectivity index is 1.85. The van der Waals surface area contributed by atoms with E-state index in [2.05, 4.69) is 9.84 Å². The van der Waals surface area contributed by atoms with Gasteiger partial charge < -0.3 is 9.64 Å². The second-order valence-corrected chi connectivity index (χ2v) is 5.72. The predicted molar refractivity (Wildman–Crippen MR) is 84.7 cm³/mol. The van der Waals surface area contributed by atoms with Crippen molar-refractivity contribution in [3.63, 3.8) is 0 Å². The van der Waals surface area contributed by atoms with E-state index in [0.717, 1.165) is 10.2 Å². The first-order chi connectivity index (χ1) is 11.5. The molecule has 0 bridgehead atoms. The van der Waals surface area contributed by atoms with Crippen LogP contribution in [0.4, 0.5) is 0 Å².